The smallest absolute Gasteiger partial charge is 0.161 e. The molecule has 3 rings (SSSR count). The van der Waals surface area contributed by atoms with E-state index in [1.165, 1.54) is 51.0 Å². The lowest BCUT2D eigenvalue weighted by Gasteiger charge is -2.21. The van der Waals surface area contributed by atoms with Crippen LogP contribution in [-0.2, 0) is 13.2 Å². The number of methoxy groups -OCH3 is 1. The zero-order chi connectivity index (χ0) is 19.8. The van der Waals surface area contributed by atoms with Crippen LogP contribution in [0.3, 0.4) is 0 Å². The van der Waals surface area contributed by atoms with E-state index in [0.717, 1.165) is 12.1 Å². The van der Waals surface area contributed by atoms with Gasteiger partial charge in [-0.1, -0.05) is 55.8 Å². The molecule has 1 fully saturated rings. The predicted octanol–water partition coefficient (Wildman–Crippen LogP) is 6.69. The molecule has 2 aromatic carbocycles. The van der Waals surface area contributed by atoms with Crippen LogP contribution in [0.5, 0.6) is 11.5 Å². The van der Waals surface area contributed by atoms with E-state index >= 15 is 0 Å². The molecule has 0 bridgehead atoms. The van der Waals surface area contributed by atoms with Crippen LogP contribution < -0.4 is 14.8 Å². The van der Waals surface area contributed by atoms with Gasteiger partial charge in [-0.2, -0.15) is 0 Å². The number of nitrogens with one attached hydrogen (secondary N) is 1. The van der Waals surface area contributed by atoms with E-state index in [0.29, 0.717) is 28.1 Å². The molecule has 1 aliphatic rings. The van der Waals surface area contributed by atoms with E-state index in [1.807, 2.05) is 18.2 Å². The molecule has 0 unspecified atom stereocenters. The standard InChI is InChI=1S/C23H29ClFNO2.ClH/c1-27-23-14-17(15-26-18-8-5-3-2-4-6-9-18)12-13-22(23)28-16-19-20(24)10-7-11-21(19)25;/h7,10-14,18,26H,2-6,8-9,15-16H2,1H3;1H. The minimum absolute atomic E-state index is 0. The fourth-order valence-electron chi connectivity index (χ4n) is 3.68. The molecule has 0 aliphatic heterocycles. The monoisotopic (exact) mass is 441 g/mol. The van der Waals surface area contributed by atoms with Crippen molar-refractivity contribution in [1.29, 1.82) is 0 Å². The molecule has 0 atom stereocenters. The van der Waals surface area contributed by atoms with Crippen molar-refractivity contribution in [1.82, 2.24) is 5.32 Å². The summed E-state index contributed by atoms with van der Waals surface area (Å²) in [6.07, 6.45) is 9.21. The maximum atomic E-state index is 13.9. The number of hydrogen-bond acceptors (Lipinski definition) is 3. The molecular formula is C23H30Cl2FNO2. The first-order valence-electron chi connectivity index (χ1n) is 10.1. The summed E-state index contributed by atoms with van der Waals surface area (Å²) in [5.41, 5.74) is 1.50. The molecule has 1 N–H and O–H groups in total. The van der Waals surface area contributed by atoms with Gasteiger partial charge in [0.1, 0.15) is 12.4 Å². The number of ether oxygens (including phenoxy) is 2. The molecule has 1 aliphatic carbocycles. The van der Waals surface area contributed by atoms with Crippen molar-refractivity contribution < 1.29 is 13.9 Å². The van der Waals surface area contributed by atoms with Gasteiger partial charge in [0.15, 0.2) is 11.5 Å². The van der Waals surface area contributed by atoms with Gasteiger partial charge in [0, 0.05) is 18.2 Å². The lowest BCUT2D eigenvalue weighted by molar-refractivity contribution is 0.279. The van der Waals surface area contributed by atoms with E-state index < -0.39 is 0 Å². The Morgan fingerprint density at radius 1 is 1.03 bits per heavy atom. The third-order valence-electron chi connectivity index (χ3n) is 5.36. The summed E-state index contributed by atoms with van der Waals surface area (Å²) in [6.45, 7) is 0.863. The third kappa shape index (κ3) is 7.06. The van der Waals surface area contributed by atoms with E-state index in [9.17, 15) is 4.39 Å². The SMILES string of the molecule is COc1cc(CNC2CCCCCCC2)ccc1OCc1c(F)cccc1Cl.Cl. The zero-order valence-electron chi connectivity index (χ0n) is 16.9. The largest absolute Gasteiger partial charge is 0.493 e. The Hall–Kier alpha value is -1.49. The molecule has 2 aromatic rings. The number of halogens is 3. The summed E-state index contributed by atoms with van der Waals surface area (Å²) < 4.78 is 25.2. The lowest BCUT2D eigenvalue weighted by Crippen LogP contribution is -2.29. The first-order valence-corrected chi connectivity index (χ1v) is 10.5. The highest BCUT2D eigenvalue weighted by Gasteiger charge is 2.13. The zero-order valence-corrected chi connectivity index (χ0v) is 18.5. The van der Waals surface area contributed by atoms with Gasteiger partial charge in [0.25, 0.3) is 0 Å². The molecular weight excluding hydrogens is 412 g/mol. The number of hydrogen-bond donors (Lipinski definition) is 1. The van der Waals surface area contributed by atoms with Gasteiger partial charge in [0.2, 0.25) is 0 Å². The predicted molar refractivity (Wildman–Crippen MR) is 119 cm³/mol. The first kappa shape index (κ1) is 23.8. The van der Waals surface area contributed by atoms with Gasteiger partial charge >= 0.3 is 0 Å². The molecule has 0 heterocycles. The molecule has 3 nitrogen and oxygen atoms in total. The highest BCUT2D eigenvalue weighted by Crippen LogP contribution is 2.30. The topological polar surface area (TPSA) is 30.5 Å². The number of rotatable bonds is 7. The van der Waals surface area contributed by atoms with Crippen molar-refractivity contribution in [2.45, 2.75) is 64.1 Å². The molecule has 0 amide bonds. The Morgan fingerprint density at radius 2 is 1.76 bits per heavy atom. The quantitative estimate of drug-likeness (QED) is 0.518. The molecule has 29 heavy (non-hydrogen) atoms. The van der Waals surface area contributed by atoms with Crippen molar-refractivity contribution in [3.8, 4) is 11.5 Å². The summed E-state index contributed by atoms with van der Waals surface area (Å²) in [6, 6.07) is 11.1. The van der Waals surface area contributed by atoms with Gasteiger partial charge in [0.05, 0.1) is 12.1 Å². The minimum atomic E-state index is -0.369. The number of benzene rings is 2. The summed E-state index contributed by atoms with van der Waals surface area (Å²) in [5.74, 6) is 0.854. The van der Waals surface area contributed by atoms with Gasteiger partial charge < -0.3 is 14.8 Å². The fraction of sp³-hybridized carbons (Fsp3) is 0.478. The average molecular weight is 442 g/mol. The van der Waals surface area contributed by atoms with E-state index in [2.05, 4.69) is 5.32 Å². The third-order valence-corrected chi connectivity index (χ3v) is 5.72. The van der Waals surface area contributed by atoms with Crippen LogP contribution in [0.15, 0.2) is 36.4 Å². The van der Waals surface area contributed by atoms with Crippen LogP contribution in [0.2, 0.25) is 5.02 Å². The van der Waals surface area contributed by atoms with Crippen molar-refractivity contribution in [2.75, 3.05) is 7.11 Å². The van der Waals surface area contributed by atoms with Gasteiger partial charge in [-0.15, -0.1) is 12.4 Å². The normalized spacial score (nSPS) is 15.1. The second-order valence-corrected chi connectivity index (χ2v) is 7.80. The first-order chi connectivity index (χ1) is 13.7. The molecule has 6 heteroatoms. The van der Waals surface area contributed by atoms with Crippen LogP contribution in [0, 0.1) is 5.82 Å². The minimum Gasteiger partial charge on any atom is -0.493 e. The van der Waals surface area contributed by atoms with Crippen molar-refractivity contribution >= 4 is 24.0 Å². The Bertz CT molecular complexity index is 744. The summed E-state index contributed by atoms with van der Waals surface area (Å²) >= 11 is 6.07. The van der Waals surface area contributed by atoms with Crippen molar-refractivity contribution in [2.24, 2.45) is 0 Å². The van der Waals surface area contributed by atoms with Crippen molar-refractivity contribution in [3.05, 3.63) is 58.4 Å². The molecule has 0 aromatic heterocycles. The van der Waals surface area contributed by atoms with Crippen molar-refractivity contribution in [3.63, 3.8) is 0 Å². The van der Waals surface area contributed by atoms with Gasteiger partial charge in [-0.25, -0.2) is 4.39 Å². The molecule has 0 radical (unpaired) electrons. The maximum Gasteiger partial charge on any atom is 0.161 e. The van der Waals surface area contributed by atoms with Crippen LogP contribution in [0.1, 0.15) is 56.1 Å². The van der Waals surface area contributed by atoms with Crippen LogP contribution >= 0.6 is 24.0 Å². The van der Waals surface area contributed by atoms with E-state index in [1.54, 1.807) is 19.2 Å². The lowest BCUT2D eigenvalue weighted by atomic mass is 9.96. The fourth-order valence-corrected chi connectivity index (χ4v) is 3.90. The summed E-state index contributed by atoms with van der Waals surface area (Å²) in [5, 5.41) is 4.05. The Labute approximate surface area is 184 Å². The van der Waals surface area contributed by atoms with Gasteiger partial charge in [-0.3, -0.25) is 0 Å². The van der Waals surface area contributed by atoms with Crippen LogP contribution in [-0.4, -0.2) is 13.2 Å². The highest BCUT2D eigenvalue weighted by molar-refractivity contribution is 6.31. The molecule has 160 valence electrons. The Morgan fingerprint density at radius 3 is 2.45 bits per heavy atom. The second-order valence-electron chi connectivity index (χ2n) is 7.40. The molecule has 0 saturated heterocycles. The second kappa shape index (κ2) is 12.3. The summed E-state index contributed by atoms with van der Waals surface area (Å²) in [4.78, 5) is 0. The molecule has 1 saturated carbocycles. The van der Waals surface area contributed by atoms with Crippen LogP contribution in [0.4, 0.5) is 4.39 Å². The Kier molecular flexibility index (Phi) is 10.1. The average Bonchev–Trinajstić information content (AvgIpc) is 2.67. The van der Waals surface area contributed by atoms with Crippen LogP contribution in [0.25, 0.3) is 0 Å². The van der Waals surface area contributed by atoms with Gasteiger partial charge in [-0.05, 0) is 42.7 Å². The maximum absolute atomic E-state index is 13.9. The van der Waals surface area contributed by atoms with E-state index in [4.69, 9.17) is 21.1 Å². The summed E-state index contributed by atoms with van der Waals surface area (Å²) in [7, 11) is 1.62. The highest BCUT2D eigenvalue weighted by atomic mass is 35.5. The molecule has 0 spiro atoms. The van der Waals surface area contributed by atoms with E-state index in [-0.39, 0.29) is 24.8 Å². The Balaban J connectivity index is 0.00000300.